The number of ether oxygens (including phenoxy) is 2. The van der Waals surface area contributed by atoms with Crippen LogP contribution in [0.1, 0.15) is 19.8 Å². The van der Waals surface area contributed by atoms with Gasteiger partial charge in [0.15, 0.2) is 5.60 Å². The van der Waals surface area contributed by atoms with Crippen molar-refractivity contribution in [2.45, 2.75) is 31.5 Å². The van der Waals surface area contributed by atoms with Crippen molar-refractivity contribution in [2.24, 2.45) is 0 Å². The second-order valence-electron chi connectivity index (χ2n) is 5.86. The standard InChI is InChI=1S/C16H22N2O6/c1-16(22,14(19)20)10-17-15(21)18-11-4-6-12(7-5-11)24-9-13-3-2-8-23-13/h4-7,13,22H,2-3,8-10H2,1H3,(H,19,20)(H2,17,18,21). The lowest BCUT2D eigenvalue weighted by Crippen LogP contribution is -2.47. The molecule has 1 saturated heterocycles. The Labute approximate surface area is 139 Å². The topological polar surface area (TPSA) is 117 Å². The third-order valence-electron chi connectivity index (χ3n) is 3.63. The lowest BCUT2D eigenvalue weighted by Gasteiger charge is -2.18. The molecule has 0 spiro atoms. The summed E-state index contributed by atoms with van der Waals surface area (Å²) in [5.41, 5.74) is -1.50. The highest BCUT2D eigenvalue weighted by molar-refractivity contribution is 5.90. The number of carbonyl (C=O) groups is 2. The van der Waals surface area contributed by atoms with E-state index >= 15 is 0 Å². The van der Waals surface area contributed by atoms with Gasteiger partial charge in [-0.15, -0.1) is 0 Å². The van der Waals surface area contributed by atoms with Gasteiger partial charge in [-0.2, -0.15) is 0 Å². The molecule has 0 bridgehead atoms. The number of urea groups is 1. The van der Waals surface area contributed by atoms with Crippen LogP contribution in [0.15, 0.2) is 24.3 Å². The van der Waals surface area contributed by atoms with E-state index in [0.29, 0.717) is 18.0 Å². The van der Waals surface area contributed by atoms with Crippen LogP contribution in [0.4, 0.5) is 10.5 Å². The summed E-state index contributed by atoms with van der Waals surface area (Å²) in [6.07, 6.45) is 2.19. The summed E-state index contributed by atoms with van der Waals surface area (Å²) in [5, 5.41) is 23.1. The maximum atomic E-state index is 11.7. The maximum Gasteiger partial charge on any atom is 0.337 e. The quantitative estimate of drug-likeness (QED) is 0.593. The predicted octanol–water partition coefficient (Wildman–Crippen LogP) is 1.20. The van der Waals surface area contributed by atoms with Gasteiger partial charge < -0.3 is 30.3 Å². The first-order valence-electron chi connectivity index (χ1n) is 7.72. The van der Waals surface area contributed by atoms with Crippen LogP contribution >= 0.6 is 0 Å². The Balaban J connectivity index is 1.76. The molecule has 1 aliphatic rings. The van der Waals surface area contributed by atoms with Crippen LogP contribution in [0.2, 0.25) is 0 Å². The Morgan fingerprint density at radius 3 is 2.67 bits per heavy atom. The van der Waals surface area contributed by atoms with E-state index in [-0.39, 0.29) is 6.10 Å². The minimum Gasteiger partial charge on any atom is -0.491 e. The number of hydrogen-bond donors (Lipinski definition) is 4. The lowest BCUT2D eigenvalue weighted by atomic mass is 10.1. The summed E-state index contributed by atoms with van der Waals surface area (Å²) >= 11 is 0. The first-order chi connectivity index (χ1) is 11.4. The van der Waals surface area contributed by atoms with Gasteiger partial charge in [0, 0.05) is 12.3 Å². The molecule has 1 heterocycles. The summed E-state index contributed by atoms with van der Waals surface area (Å²) in [5.74, 6) is -0.735. The van der Waals surface area contributed by atoms with Gasteiger partial charge in [0.05, 0.1) is 12.6 Å². The normalized spacial score (nSPS) is 19.3. The van der Waals surface area contributed by atoms with Gasteiger partial charge in [-0.05, 0) is 44.0 Å². The molecule has 1 aromatic rings. The van der Waals surface area contributed by atoms with E-state index in [4.69, 9.17) is 14.6 Å². The molecule has 2 atom stereocenters. The molecule has 8 heteroatoms. The van der Waals surface area contributed by atoms with Crippen LogP contribution in [0.5, 0.6) is 5.75 Å². The number of benzene rings is 1. The molecule has 1 fully saturated rings. The second kappa shape index (κ2) is 7.98. The molecular formula is C16H22N2O6. The Hall–Kier alpha value is -2.32. The molecule has 2 rings (SSSR count). The third-order valence-corrected chi connectivity index (χ3v) is 3.63. The summed E-state index contributed by atoms with van der Waals surface area (Å²) in [4.78, 5) is 22.4. The largest absolute Gasteiger partial charge is 0.491 e. The van der Waals surface area contributed by atoms with Gasteiger partial charge in [0.25, 0.3) is 0 Å². The van der Waals surface area contributed by atoms with Crippen LogP contribution in [0.3, 0.4) is 0 Å². The van der Waals surface area contributed by atoms with Crippen molar-refractivity contribution in [3.05, 3.63) is 24.3 Å². The van der Waals surface area contributed by atoms with Crippen molar-refractivity contribution >= 4 is 17.7 Å². The average molecular weight is 338 g/mol. The number of anilines is 1. The van der Waals surface area contributed by atoms with Crippen LogP contribution in [0, 0.1) is 0 Å². The van der Waals surface area contributed by atoms with Crippen molar-refractivity contribution in [1.29, 1.82) is 0 Å². The minimum atomic E-state index is -2.02. The van der Waals surface area contributed by atoms with Crippen LogP contribution < -0.4 is 15.4 Å². The van der Waals surface area contributed by atoms with Crippen molar-refractivity contribution < 1.29 is 29.3 Å². The molecule has 2 amide bonds. The SMILES string of the molecule is CC(O)(CNC(=O)Nc1ccc(OCC2CCCO2)cc1)C(=O)O. The van der Waals surface area contributed by atoms with Crippen molar-refractivity contribution in [3.8, 4) is 5.75 Å². The number of carboxylic acids is 1. The van der Waals surface area contributed by atoms with E-state index in [2.05, 4.69) is 10.6 Å². The number of aliphatic hydroxyl groups is 1. The van der Waals surface area contributed by atoms with Crippen LogP contribution in [0.25, 0.3) is 0 Å². The Bertz CT molecular complexity index is 566. The highest BCUT2D eigenvalue weighted by Crippen LogP contribution is 2.18. The predicted molar refractivity (Wildman–Crippen MR) is 86.2 cm³/mol. The number of hydrogen-bond acceptors (Lipinski definition) is 5. The summed E-state index contributed by atoms with van der Waals surface area (Å²) < 4.78 is 11.1. The zero-order valence-electron chi connectivity index (χ0n) is 13.4. The fraction of sp³-hybridized carbons (Fsp3) is 0.500. The highest BCUT2D eigenvalue weighted by Gasteiger charge is 2.30. The van der Waals surface area contributed by atoms with Gasteiger partial charge in [-0.3, -0.25) is 0 Å². The van der Waals surface area contributed by atoms with Gasteiger partial charge in [0.1, 0.15) is 12.4 Å². The minimum absolute atomic E-state index is 0.135. The zero-order chi connectivity index (χ0) is 17.6. The first kappa shape index (κ1) is 18.0. The molecule has 0 saturated carbocycles. The lowest BCUT2D eigenvalue weighted by molar-refractivity contribution is -0.155. The number of nitrogens with one attached hydrogen (secondary N) is 2. The van der Waals surface area contributed by atoms with Gasteiger partial charge >= 0.3 is 12.0 Å². The molecule has 4 N–H and O–H groups in total. The number of amides is 2. The van der Waals surface area contributed by atoms with E-state index in [0.717, 1.165) is 26.4 Å². The fourth-order valence-electron chi connectivity index (χ4n) is 2.10. The van der Waals surface area contributed by atoms with Crippen LogP contribution in [-0.2, 0) is 9.53 Å². The molecule has 132 valence electrons. The van der Waals surface area contributed by atoms with Gasteiger partial charge in [0.2, 0.25) is 0 Å². The highest BCUT2D eigenvalue weighted by atomic mass is 16.5. The van der Waals surface area contributed by atoms with Crippen molar-refractivity contribution in [3.63, 3.8) is 0 Å². The van der Waals surface area contributed by atoms with E-state index in [9.17, 15) is 14.7 Å². The Kier molecular flexibility index (Phi) is 5.99. The molecule has 0 radical (unpaired) electrons. The van der Waals surface area contributed by atoms with Crippen LogP contribution in [-0.4, -0.2) is 53.7 Å². The molecule has 0 aliphatic carbocycles. The first-order valence-corrected chi connectivity index (χ1v) is 7.72. The molecule has 1 aliphatic heterocycles. The molecule has 1 aromatic carbocycles. The number of rotatable bonds is 7. The molecule has 8 nitrogen and oxygen atoms in total. The van der Waals surface area contributed by atoms with E-state index in [1.165, 1.54) is 0 Å². The molecule has 2 unspecified atom stereocenters. The summed E-state index contributed by atoms with van der Waals surface area (Å²) in [7, 11) is 0. The maximum absolute atomic E-state index is 11.7. The molecular weight excluding hydrogens is 316 g/mol. The zero-order valence-corrected chi connectivity index (χ0v) is 13.4. The molecule has 24 heavy (non-hydrogen) atoms. The molecule has 0 aromatic heterocycles. The smallest absolute Gasteiger partial charge is 0.337 e. The summed E-state index contributed by atoms with van der Waals surface area (Å²) in [6.45, 7) is 1.98. The Morgan fingerprint density at radius 2 is 2.08 bits per heavy atom. The third kappa shape index (κ3) is 5.39. The van der Waals surface area contributed by atoms with E-state index in [1.54, 1.807) is 24.3 Å². The van der Waals surface area contributed by atoms with E-state index < -0.39 is 24.1 Å². The van der Waals surface area contributed by atoms with Gasteiger partial charge in [-0.25, -0.2) is 9.59 Å². The second-order valence-corrected chi connectivity index (χ2v) is 5.86. The number of carbonyl (C=O) groups excluding carboxylic acids is 1. The average Bonchev–Trinajstić information content (AvgIpc) is 3.06. The summed E-state index contributed by atoms with van der Waals surface area (Å²) in [6, 6.07) is 6.17. The fourth-order valence-corrected chi connectivity index (χ4v) is 2.10. The number of aliphatic carboxylic acids is 1. The van der Waals surface area contributed by atoms with Gasteiger partial charge in [-0.1, -0.05) is 0 Å². The number of carboxylic acid groups (broad SMARTS) is 1. The monoisotopic (exact) mass is 338 g/mol. The van der Waals surface area contributed by atoms with E-state index in [1.807, 2.05) is 0 Å². The van der Waals surface area contributed by atoms with Crippen molar-refractivity contribution in [1.82, 2.24) is 5.32 Å². The Morgan fingerprint density at radius 1 is 1.38 bits per heavy atom. The van der Waals surface area contributed by atoms with Crippen molar-refractivity contribution in [2.75, 3.05) is 25.1 Å².